The van der Waals surface area contributed by atoms with Crippen molar-refractivity contribution in [1.82, 2.24) is 9.48 Å². The van der Waals surface area contributed by atoms with Gasteiger partial charge in [0.2, 0.25) is 5.36 Å². The summed E-state index contributed by atoms with van der Waals surface area (Å²) in [4.78, 5) is 27.0. The molecule has 0 spiro atoms. The van der Waals surface area contributed by atoms with E-state index in [9.17, 15) is 14.3 Å². The molecule has 1 aliphatic heterocycles. The van der Waals surface area contributed by atoms with Crippen LogP contribution in [0.2, 0.25) is 0 Å². The van der Waals surface area contributed by atoms with Gasteiger partial charge in [-0.2, -0.15) is 0 Å². The lowest BCUT2D eigenvalue weighted by molar-refractivity contribution is 0.0770. The minimum atomic E-state index is -3.62. The molecule has 2 aliphatic rings. The van der Waals surface area contributed by atoms with Crippen molar-refractivity contribution < 1.29 is 23.2 Å². The standard InChI is InChI=1S/C32H40N3O5P/c1-7-34(8-2)23-15-17-27-29(21-23)40-30-22-24(35(9-3)10-4)16-18-28(30)31(27)25-13-11-12-14-26(25)32(36)33(5)19-20-39-41(6,37)38/h11-18,21-22H,7-10,19-20H2,1-6H3/p+1. The van der Waals surface area contributed by atoms with Crippen molar-refractivity contribution in [2.24, 2.45) is 0 Å². The maximum absolute atomic E-state index is 13.7. The van der Waals surface area contributed by atoms with Gasteiger partial charge < -0.3 is 23.6 Å². The Morgan fingerprint density at radius 3 is 2.34 bits per heavy atom. The van der Waals surface area contributed by atoms with E-state index < -0.39 is 7.60 Å². The molecule has 0 saturated carbocycles. The highest BCUT2D eigenvalue weighted by Crippen LogP contribution is 2.42. The normalized spacial score (nSPS) is 12.9. The minimum Gasteiger partial charge on any atom is -0.456 e. The summed E-state index contributed by atoms with van der Waals surface area (Å²) >= 11 is 0. The highest BCUT2D eigenvalue weighted by Gasteiger charge is 2.24. The van der Waals surface area contributed by atoms with Crippen LogP contribution in [0, 0.1) is 0 Å². The third-order valence-electron chi connectivity index (χ3n) is 7.48. The number of carbonyl (C=O) groups excluding carboxylic acids is 1. The zero-order chi connectivity index (χ0) is 29.7. The predicted molar refractivity (Wildman–Crippen MR) is 167 cm³/mol. The second kappa shape index (κ2) is 13.0. The van der Waals surface area contributed by atoms with E-state index >= 15 is 0 Å². The maximum Gasteiger partial charge on any atom is 0.325 e. The number of fused-ring (bicyclic) bond motifs is 2. The van der Waals surface area contributed by atoms with Gasteiger partial charge in [0.1, 0.15) is 24.4 Å². The molecule has 1 heterocycles. The van der Waals surface area contributed by atoms with Crippen molar-refractivity contribution in [3.05, 3.63) is 71.6 Å². The topological polar surface area (TPSA) is 86.2 Å². The van der Waals surface area contributed by atoms with E-state index in [1.807, 2.05) is 24.3 Å². The van der Waals surface area contributed by atoms with E-state index in [2.05, 4.69) is 73.6 Å². The Morgan fingerprint density at radius 1 is 0.976 bits per heavy atom. The van der Waals surface area contributed by atoms with Crippen LogP contribution in [0.1, 0.15) is 38.1 Å². The summed E-state index contributed by atoms with van der Waals surface area (Å²) in [5, 5.41) is 2.00. The van der Waals surface area contributed by atoms with E-state index in [0.717, 1.165) is 77.3 Å². The van der Waals surface area contributed by atoms with Crippen LogP contribution in [-0.2, 0) is 9.09 Å². The average Bonchev–Trinajstić information content (AvgIpc) is 2.96. The number of anilines is 1. The highest BCUT2D eigenvalue weighted by atomic mass is 31.2. The van der Waals surface area contributed by atoms with Crippen LogP contribution in [-0.4, -0.2) is 68.7 Å². The summed E-state index contributed by atoms with van der Waals surface area (Å²) in [6, 6.07) is 20.1. The Kier molecular flexibility index (Phi) is 9.69. The molecule has 0 fully saturated rings. The fourth-order valence-electron chi connectivity index (χ4n) is 5.27. The zero-order valence-corrected chi connectivity index (χ0v) is 25.8. The van der Waals surface area contributed by atoms with Crippen molar-refractivity contribution in [2.45, 2.75) is 27.7 Å². The molecule has 2 aromatic carbocycles. The van der Waals surface area contributed by atoms with Crippen molar-refractivity contribution in [1.29, 1.82) is 0 Å². The number of likely N-dealkylation sites (N-methyl/N-ethyl adjacent to an activating group) is 1. The van der Waals surface area contributed by atoms with E-state index in [1.54, 1.807) is 7.05 Å². The summed E-state index contributed by atoms with van der Waals surface area (Å²) < 4.78 is 25.4. The lowest BCUT2D eigenvalue weighted by Crippen LogP contribution is -2.30. The van der Waals surface area contributed by atoms with Crippen molar-refractivity contribution in [3.8, 4) is 22.5 Å². The van der Waals surface area contributed by atoms with Crippen LogP contribution < -0.4 is 14.8 Å². The molecule has 41 heavy (non-hydrogen) atoms. The van der Waals surface area contributed by atoms with Crippen LogP contribution >= 0.6 is 7.60 Å². The molecule has 0 saturated heterocycles. The number of benzene rings is 3. The Balaban J connectivity index is 1.95. The molecule has 4 rings (SSSR count). The molecule has 1 unspecified atom stereocenters. The summed E-state index contributed by atoms with van der Waals surface area (Å²) in [6.07, 6.45) is 0. The molecule has 218 valence electrons. The molecule has 1 amide bonds. The van der Waals surface area contributed by atoms with Gasteiger partial charge in [-0.3, -0.25) is 9.36 Å². The first-order valence-corrected chi connectivity index (χ1v) is 16.3. The smallest absolute Gasteiger partial charge is 0.325 e. The summed E-state index contributed by atoms with van der Waals surface area (Å²) in [7, 11) is -1.95. The number of rotatable bonds is 11. The summed E-state index contributed by atoms with van der Waals surface area (Å²) in [5.41, 5.74) is 5.01. The van der Waals surface area contributed by atoms with Gasteiger partial charge in [-0.1, -0.05) is 18.2 Å². The minimum absolute atomic E-state index is 0.0347. The second-order valence-corrected chi connectivity index (χ2v) is 12.0. The van der Waals surface area contributed by atoms with E-state index in [1.165, 1.54) is 4.90 Å². The highest BCUT2D eigenvalue weighted by molar-refractivity contribution is 7.51. The first-order valence-electron chi connectivity index (χ1n) is 14.2. The maximum atomic E-state index is 13.7. The number of nitrogens with zero attached hydrogens (tertiary/aromatic N) is 3. The van der Waals surface area contributed by atoms with Crippen LogP contribution in [0.15, 0.2) is 65.1 Å². The molecule has 1 atom stereocenters. The van der Waals surface area contributed by atoms with Gasteiger partial charge in [-0.15, -0.1) is 0 Å². The van der Waals surface area contributed by atoms with E-state index in [4.69, 9.17) is 8.94 Å². The van der Waals surface area contributed by atoms with Crippen LogP contribution in [0.4, 0.5) is 5.69 Å². The van der Waals surface area contributed by atoms with Crippen LogP contribution in [0.3, 0.4) is 0 Å². The van der Waals surface area contributed by atoms with E-state index in [-0.39, 0.29) is 19.1 Å². The first kappa shape index (κ1) is 30.5. The van der Waals surface area contributed by atoms with Gasteiger partial charge in [0, 0.05) is 73.2 Å². The number of carbonyl (C=O) groups is 1. The van der Waals surface area contributed by atoms with Crippen molar-refractivity contribution >= 4 is 30.2 Å². The van der Waals surface area contributed by atoms with E-state index in [0.29, 0.717) is 5.56 Å². The van der Waals surface area contributed by atoms with Crippen LogP contribution in [0.5, 0.6) is 0 Å². The Hall–Kier alpha value is -3.45. The molecule has 1 N–H and O–H groups in total. The second-order valence-electron chi connectivity index (χ2n) is 10.1. The molecular formula is C32H41N3O5P+. The van der Waals surface area contributed by atoms with Crippen molar-refractivity contribution in [3.63, 3.8) is 0 Å². The molecule has 9 heteroatoms. The molecule has 8 nitrogen and oxygen atoms in total. The largest absolute Gasteiger partial charge is 0.456 e. The van der Waals surface area contributed by atoms with Gasteiger partial charge >= 0.3 is 7.60 Å². The molecule has 0 aromatic heterocycles. The number of hydrogen-bond acceptors (Lipinski definition) is 5. The van der Waals surface area contributed by atoms with Gasteiger partial charge in [0.15, 0.2) is 0 Å². The Morgan fingerprint density at radius 2 is 1.68 bits per heavy atom. The Labute approximate surface area is 242 Å². The lowest BCUT2D eigenvalue weighted by atomic mass is 9.90. The lowest BCUT2D eigenvalue weighted by Gasteiger charge is -2.23. The Bertz CT molecular complexity index is 1610. The van der Waals surface area contributed by atoms with Gasteiger partial charge in [-0.25, -0.2) is 4.58 Å². The van der Waals surface area contributed by atoms with Crippen molar-refractivity contribution in [2.75, 3.05) is 57.9 Å². The fraction of sp³-hybridized carbons (Fsp3) is 0.375. The number of hydrogen-bond donors (Lipinski definition) is 1. The van der Waals surface area contributed by atoms with Gasteiger partial charge in [0.25, 0.3) is 5.91 Å². The molecule has 1 aliphatic carbocycles. The molecular weight excluding hydrogens is 537 g/mol. The molecule has 2 aromatic rings. The third kappa shape index (κ3) is 6.72. The number of amides is 1. The fourth-order valence-corrected chi connectivity index (χ4v) is 5.69. The molecule has 0 bridgehead atoms. The third-order valence-corrected chi connectivity index (χ3v) is 8.14. The van der Waals surface area contributed by atoms with Crippen LogP contribution in [0.25, 0.3) is 33.4 Å². The monoisotopic (exact) mass is 578 g/mol. The predicted octanol–water partition coefficient (Wildman–Crippen LogP) is 5.77. The van der Waals surface area contributed by atoms with Gasteiger partial charge in [-0.05, 0) is 57.5 Å². The van der Waals surface area contributed by atoms with Gasteiger partial charge in [0.05, 0.1) is 12.7 Å². The average molecular weight is 579 g/mol. The summed E-state index contributed by atoms with van der Waals surface area (Å²) in [5.74, 6) is 0.550. The quantitative estimate of drug-likeness (QED) is 0.138. The first-order chi connectivity index (χ1) is 19.6. The summed E-state index contributed by atoms with van der Waals surface area (Å²) in [6.45, 7) is 13.3. The zero-order valence-electron chi connectivity index (χ0n) is 24.9. The molecule has 0 radical (unpaired) electrons. The SMILES string of the molecule is CCN(CC)c1ccc2c(-c3ccccc3C(=O)N(C)CCOP(C)(=O)O)c3ccc(=[N+](CC)CC)cc-3oc2c1.